The van der Waals surface area contributed by atoms with Gasteiger partial charge in [-0.1, -0.05) is 48.5 Å². The smallest absolute Gasteiger partial charge is 0.189 e. The fraction of sp³-hybridized carbons (Fsp3) is 0.0455. The van der Waals surface area contributed by atoms with Crippen LogP contribution in [0.3, 0.4) is 0 Å². The molecule has 0 aliphatic rings. The Balaban J connectivity index is 0.00000157. The predicted octanol–water partition coefficient (Wildman–Crippen LogP) is 5.35. The van der Waals surface area contributed by atoms with Gasteiger partial charge in [0.2, 0.25) is 0 Å². The molecule has 0 spiro atoms. The molecule has 25 heavy (non-hydrogen) atoms. The minimum absolute atomic E-state index is 0. The summed E-state index contributed by atoms with van der Waals surface area (Å²) in [5.41, 5.74) is 3.48. The van der Waals surface area contributed by atoms with Gasteiger partial charge in [-0.15, -0.1) is 22.9 Å². The van der Waals surface area contributed by atoms with Crippen LogP contribution in [0.15, 0.2) is 79.1 Å². The molecule has 4 aromatic carbocycles. The van der Waals surface area contributed by atoms with Crippen LogP contribution in [0, 0.1) is 6.07 Å². The van der Waals surface area contributed by atoms with Crippen molar-refractivity contribution >= 4 is 32.6 Å². The van der Waals surface area contributed by atoms with E-state index in [0.717, 1.165) is 5.69 Å². The molecular formula is C22H16IrN2. The summed E-state index contributed by atoms with van der Waals surface area (Å²) in [4.78, 5) is 0. The van der Waals surface area contributed by atoms with Crippen LogP contribution in [0.1, 0.15) is 0 Å². The Labute approximate surface area is 159 Å². The van der Waals surface area contributed by atoms with Crippen LogP contribution in [0.2, 0.25) is 0 Å². The monoisotopic (exact) mass is 501 g/mol. The number of imidazole rings is 1. The topological polar surface area (TPSA) is 9.86 Å². The summed E-state index contributed by atoms with van der Waals surface area (Å²) in [6.07, 6.45) is 2.13. The van der Waals surface area contributed by atoms with Gasteiger partial charge < -0.3 is 0 Å². The molecule has 2 nitrogen and oxygen atoms in total. The first kappa shape index (κ1) is 16.0. The van der Waals surface area contributed by atoms with Crippen molar-refractivity contribution in [3.63, 3.8) is 0 Å². The first-order valence-electron chi connectivity index (χ1n) is 8.10. The second-order valence-electron chi connectivity index (χ2n) is 6.23. The van der Waals surface area contributed by atoms with E-state index >= 15 is 0 Å². The summed E-state index contributed by atoms with van der Waals surface area (Å²) in [6.45, 7) is 0. The number of hydrogen-bond donors (Lipinski definition) is 0. The van der Waals surface area contributed by atoms with Gasteiger partial charge in [-0.05, 0) is 10.8 Å². The van der Waals surface area contributed by atoms with Crippen LogP contribution in [-0.4, -0.2) is 9.13 Å². The molecule has 5 aromatic rings. The Hall–Kier alpha value is -2.48. The van der Waals surface area contributed by atoms with Crippen molar-refractivity contribution < 1.29 is 20.1 Å². The third-order valence-electron chi connectivity index (χ3n) is 4.69. The first-order chi connectivity index (χ1) is 11.8. The van der Waals surface area contributed by atoms with Crippen LogP contribution in [0.4, 0.5) is 0 Å². The number of hydrogen-bond acceptors (Lipinski definition) is 0. The van der Waals surface area contributed by atoms with Gasteiger partial charge in [-0.2, -0.15) is 6.07 Å². The zero-order valence-corrected chi connectivity index (χ0v) is 16.1. The van der Waals surface area contributed by atoms with E-state index in [0.29, 0.717) is 0 Å². The van der Waals surface area contributed by atoms with Crippen LogP contribution in [0.5, 0.6) is 0 Å². The van der Waals surface area contributed by atoms with Crippen LogP contribution < -0.4 is 0 Å². The van der Waals surface area contributed by atoms with Crippen LogP contribution in [-0.2, 0) is 27.2 Å². The van der Waals surface area contributed by atoms with Gasteiger partial charge in [-0.25, -0.2) is 9.13 Å². The van der Waals surface area contributed by atoms with Gasteiger partial charge in [0.1, 0.15) is 0 Å². The molecule has 0 saturated heterocycles. The average Bonchev–Trinajstić information content (AvgIpc) is 2.95. The molecule has 1 radical (unpaired) electrons. The van der Waals surface area contributed by atoms with Crippen molar-refractivity contribution in [3.05, 3.63) is 85.2 Å². The molecule has 0 fully saturated rings. The summed E-state index contributed by atoms with van der Waals surface area (Å²) in [6, 6.07) is 29.1. The number of aromatic nitrogens is 2. The van der Waals surface area contributed by atoms with E-state index in [9.17, 15) is 0 Å². The summed E-state index contributed by atoms with van der Waals surface area (Å²) in [5.74, 6) is 0. The maximum Gasteiger partial charge on any atom is 0.189 e. The molecule has 0 N–H and O–H groups in total. The third-order valence-corrected chi connectivity index (χ3v) is 4.69. The standard InChI is InChI=1S/C22H16N2.Ir/c1-23-15-24(20-11-10-16-6-2-3-7-17(16)12-20)22-14-19-9-5-4-8-18(19)13-21(22)23;/h2-10,12-15H,1H3;. The van der Waals surface area contributed by atoms with Crippen molar-refractivity contribution in [2.45, 2.75) is 0 Å². The maximum absolute atomic E-state index is 3.43. The van der Waals surface area contributed by atoms with Crippen molar-refractivity contribution in [1.82, 2.24) is 9.13 Å². The zero-order valence-electron chi connectivity index (χ0n) is 13.7. The Morgan fingerprint density at radius 2 is 1.32 bits per heavy atom. The number of benzene rings is 4. The Morgan fingerprint density at radius 3 is 2.00 bits per heavy atom. The quantitative estimate of drug-likeness (QED) is 0.275. The molecule has 0 amide bonds. The summed E-state index contributed by atoms with van der Waals surface area (Å²) < 4.78 is 4.39. The molecule has 0 aliphatic heterocycles. The molecule has 0 aliphatic carbocycles. The van der Waals surface area contributed by atoms with E-state index < -0.39 is 0 Å². The molecule has 5 rings (SSSR count). The molecule has 1 heterocycles. The van der Waals surface area contributed by atoms with E-state index in [2.05, 4.69) is 101 Å². The van der Waals surface area contributed by atoms with Crippen LogP contribution >= 0.6 is 0 Å². The third kappa shape index (κ3) is 2.57. The van der Waals surface area contributed by atoms with E-state index in [1.807, 2.05) is 0 Å². The Kier molecular flexibility index (Phi) is 3.91. The Bertz CT molecular complexity index is 1220. The van der Waals surface area contributed by atoms with E-state index in [4.69, 9.17) is 0 Å². The van der Waals surface area contributed by atoms with Gasteiger partial charge in [-0.3, -0.25) is 0 Å². The molecule has 0 bridgehead atoms. The van der Waals surface area contributed by atoms with Crippen molar-refractivity contribution in [2.24, 2.45) is 7.05 Å². The first-order valence-corrected chi connectivity index (χ1v) is 8.10. The largest absolute Gasteiger partial charge is 0.248 e. The normalized spacial score (nSPS) is 11.1. The second kappa shape index (κ2) is 6.11. The van der Waals surface area contributed by atoms with Crippen molar-refractivity contribution in [3.8, 4) is 5.69 Å². The van der Waals surface area contributed by atoms with Gasteiger partial charge in [0.05, 0.1) is 0 Å². The van der Waals surface area contributed by atoms with E-state index in [1.54, 1.807) is 0 Å². The second-order valence-corrected chi connectivity index (χ2v) is 6.23. The molecule has 123 valence electrons. The number of fused-ring (bicyclic) bond motifs is 3. The molecule has 0 unspecified atom stereocenters. The molecule has 0 saturated carbocycles. The maximum atomic E-state index is 3.43. The fourth-order valence-electron chi connectivity index (χ4n) is 3.43. The van der Waals surface area contributed by atoms with Gasteiger partial charge >= 0.3 is 0 Å². The summed E-state index contributed by atoms with van der Waals surface area (Å²) >= 11 is 0. The predicted molar refractivity (Wildman–Crippen MR) is 101 cm³/mol. The molecule has 3 heteroatoms. The van der Waals surface area contributed by atoms with Crippen molar-refractivity contribution in [2.75, 3.05) is 0 Å². The minimum Gasteiger partial charge on any atom is -0.248 e. The number of rotatable bonds is 1. The van der Waals surface area contributed by atoms with Crippen molar-refractivity contribution in [1.29, 1.82) is 0 Å². The molecule has 1 aromatic heterocycles. The van der Waals surface area contributed by atoms with Gasteiger partial charge in [0.25, 0.3) is 0 Å². The summed E-state index contributed by atoms with van der Waals surface area (Å²) in [7, 11) is 2.09. The number of aryl methyl sites for hydroxylation is 1. The fourth-order valence-corrected chi connectivity index (χ4v) is 3.43. The average molecular weight is 501 g/mol. The SMILES string of the molecule is Cn1[cH+]n(-c2[c-]cc3ccccc3c2)c2cc3ccccc3cc21.[Ir]. The Morgan fingerprint density at radius 1 is 0.760 bits per heavy atom. The van der Waals surface area contributed by atoms with E-state index in [-0.39, 0.29) is 20.1 Å². The zero-order chi connectivity index (χ0) is 16.1. The summed E-state index contributed by atoms with van der Waals surface area (Å²) in [5, 5.41) is 4.97. The van der Waals surface area contributed by atoms with E-state index in [1.165, 1.54) is 32.6 Å². The molecule has 0 atom stereocenters. The van der Waals surface area contributed by atoms with Crippen LogP contribution in [0.25, 0.3) is 38.3 Å². The molecular weight excluding hydrogens is 484 g/mol. The van der Waals surface area contributed by atoms with Gasteiger partial charge in [0, 0.05) is 45.0 Å². The number of nitrogens with zero attached hydrogens (tertiary/aromatic N) is 2. The van der Waals surface area contributed by atoms with Gasteiger partial charge in [0.15, 0.2) is 17.4 Å². The minimum atomic E-state index is 0.